The van der Waals surface area contributed by atoms with Crippen LogP contribution in [0.3, 0.4) is 0 Å². The second-order valence-electron chi connectivity index (χ2n) is 16.0. The van der Waals surface area contributed by atoms with Gasteiger partial charge in [0, 0.05) is 45.2 Å². The first kappa shape index (κ1) is 64.1. The summed E-state index contributed by atoms with van der Waals surface area (Å²) in [5, 5.41) is 11.3. The smallest absolute Gasteiger partial charge is 0.307 e. The van der Waals surface area contributed by atoms with Crippen LogP contribution in [0, 0.1) is 0 Å². The van der Waals surface area contributed by atoms with Gasteiger partial charge in [-0.2, -0.15) is 0 Å². The van der Waals surface area contributed by atoms with Gasteiger partial charge in [0.15, 0.2) is 6.10 Å². The fourth-order valence-electron chi connectivity index (χ4n) is 6.16. The van der Waals surface area contributed by atoms with Crippen molar-refractivity contribution in [1.29, 1.82) is 0 Å². The molecule has 0 rings (SSSR count). The maximum Gasteiger partial charge on any atom is 0.307 e. The minimum atomic E-state index is -0.869. The van der Waals surface area contributed by atoms with E-state index in [-0.39, 0.29) is 70.1 Å². The second kappa shape index (κ2) is 53.1. The van der Waals surface area contributed by atoms with Gasteiger partial charge >= 0.3 is 35.8 Å². The molecule has 0 aromatic rings. The highest BCUT2D eigenvalue weighted by molar-refractivity contribution is 5.71. The molecule has 0 aliphatic carbocycles. The average Bonchev–Trinajstić information content (AvgIpc) is 3.27. The van der Waals surface area contributed by atoms with Gasteiger partial charge in [-0.25, -0.2) is 0 Å². The number of carbonyl (C=O) groups excluding carboxylic acids is 5. The minimum absolute atomic E-state index is 0.0510. The number of carbonyl (C=O) groups is 6. The summed E-state index contributed by atoms with van der Waals surface area (Å²) in [5.74, 6) is -2.51. The van der Waals surface area contributed by atoms with Gasteiger partial charge in [-0.3, -0.25) is 28.8 Å². The molecule has 0 aliphatic rings. The van der Waals surface area contributed by atoms with E-state index in [1.54, 1.807) is 0 Å². The molecule has 0 amide bonds. The highest BCUT2D eigenvalue weighted by Crippen LogP contribution is 2.12. The van der Waals surface area contributed by atoms with E-state index in [2.05, 4.69) is 33.0 Å². The Labute approximate surface area is 384 Å². The lowest BCUT2D eigenvalue weighted by Crippen LogP contribution is -2.31. The topological polar surface area (TPSA) is 181 Å². The van der Waals surface area contributed by atoms with Gasteiger partial charge in [0.25, 0.3) is 0 Å². The van der Waals surface area contributed by atoms with Crippen molar-refractivity contribution >= 4 is 35.8 Å². The highest BCUT2D eigenvalue weighted by Gasteiger charge is 2.19. The fourth-order valence-corrected chi connectivity index (χ4v) is 6.16. The molecule has 0 aliphatic heterocycles. The van der Waals surface area contributed by atoms with Crippen molar-refractivity contribution in [1.82, 2.24) is 5.32 Å². The Morgan fingerprint density at radius 1 is 0.381 bits per heavy atom. The van der Waals surface area contributed by atoms with Crippen LogP contribution in [0.15, 0.2) is 0 Å². The van der Waals surface area contributed by atoms with E-state index in [9.17, 15) is 28.8 Å². The molecule has 0 bridgehead atoms. The van der Waals surface area contributed by atoms with Crippen molar-refractivity contribution in [2.75, 3.05) is 39.5 Å². The van der Waals surface area contributed by atoms with Crippen LogP contribution >= 0.6 is 0 Å². The maximum atomic E-state index is 12.5. The van der Waals surface area contributed by atoms with Crippen LogP contribution in [-0.4, -0.2) is 86.5 Å². The standard InChI is InChI=1S/C39H71NO10.C9H18O2.C2H6/c1-4-7-10-13-16-19-23-35(41)46-30-22-31-47-37(43)26-28-40-29-27-38(44)49-33-34(50-39(45)25-21-18-15-12-9-6-3)32-48-36(42)24-20-17-14-11-8-5-2;1-2-3-4-5-6-7-8-9(10)11;1-2/h34,40H,4-33H2,1-3H3;2-8H2,1H3,(H,10,11);1-2H3. The number of nitrogens with one attached hydrogen (secondary N) is 1. The predicted octanol–water partition coefficient (Wildman–Crippen LogP) is 11.9. The largest absolute Gasteiger partial charge is 0.481 e. The van der Waals surface area contributed by atoms with Crippen LogP contribution in [0.25, 0.3) is 0 Å². The van der Waals surface area contributed by atoms with Gasteiger partial charge in [-0.15, -0.1) is 0 Å². The van der Waals surface area contributed by atoms with Crippen molar-refractivity contribution < 1.29 is 57.6 Å². The van der Waals surface area contributed by atoms with Gasteiger partial charge in [0.05, 0.1) is 26.1 Å². The summed E-state index contributed by atoms with van der Waals surface area (Å²) >= 11 is 0. The Kier molecular flexibility index (Phi) is 54.0. The molecule has 13 heteroatoms. The number of hydrogen-bond acceptors (Lipinski definition) is 12. The second-order valence-corrected chi connectivity index (χ2v) is 16.0. The summed E-state index contributed by atoms with van der Waals surface area (Å²) in [6.45, 7) is 13.3. The van der Waals surface area contributed by atoms with E-state index in [1.807, 2.05) is 13.8 Å². The zero-order valence-corrected chi connectivity index (χ0v) is 41.2. The summed E-state index contributed by atoms with van der Waals surface area (Å²) < 4.78 is 26.6. The first-order valence-electron chi connectivity index (χ1n) is 25.3. The number of ether oxygens (including phenoxy) is 5. The SMILES string of the molecule is CC.CCCCCCCCC(=O)O.CCCCCCCCC(=O)OCCCOC(=O)CCNCCC(=O)OCC(COC(=O)CCCCCCCC)OC(=O)CCCCCCCC. The first-order chi connectivity index (χ1) is 30.6. The monoisotopic (exact) mass is 902 g/mol. The number of unbranched alkanes of at least 4 members (excludes halogenated alkanes) is 20. The molecule has 0 heterocycles. The molecule has 13 nitrogen and oxygen atoms in total. The number of aliphatic carboxylic acids is 1. The normalized spacial score (nSPS) is 11.0. The molecule has 372 valence electrons. The quantitative estimate of drug-likeness (QED) is 0.0335. The van der Waals surface area contributed by atoms with E-state index >= 15 is 0 Å². The lowest BCUT2D eigenvalue weighted by Gasteiger charge is -2.18. The first-order valence-corrected chi connectivity index (χ1v) is 25.3. The van der Waals surface area contributed by atoms with Crippen molar-refractivity contribution in [2.45, 2.75) is 247 Å². The summed E-state index contributed by atoms with van der Waals surface area (Å²) in [7, 11) is 0. The summed E-state index contributed by atoms with van der Waals surface area (Å²) in [4.78, 5) is 70.9. The van der Waals surface area contributed by atoms with Gasteiger partial charge in [-0.1, -0.05) is 170 Å². The van der Waals surface area contributed by atoms with Crippen LogP contribution in [-0.2, 0) is 52.5 Å². The van der Waals surface area contributed by atoms with E-state index in [0.29, 0.717) is 32.2 Å². The summed E-state index contributed by atoms with van der Waals surface area (Å²) in [6, 6.07) is 0. The zero-order chi connectivity index (χ0) is 47.4. The molecular weight excluding hydrogens is 807 g/mol. The lowest BCUT2D eigenvalue weighted by atomic mass is 10.1. The van der Waals surface area contributed by atoms with Crippen molar-refractivity contribution in [3.63, 3.8) is 0 Å². The third-order valence-electron chi connectivity index (χ3n) is 9.93. The van der Waals surface area contributed by atoms with Gasteiger partial charge in [0.2, 0.25) is 0 Å². The Hall–Kier alpha value is -3.22. The third kappa shape index (κ3) is 54.8. The highest BCUT2D eigenvalue weighted by atomic mass is 16.6. The van der Waals surface area contributed by atoms with Gasteiger partial charge < -0.3 is 34.1 Å². The Morgan fingerprint density at radius 2 is 0.683 bits per heavy atom. The summed E-state index contributed by atoms with van der Waals surface area (Å²) in [5.41, 5.74) is 0. The van der Waals surface area contributed by atoms with Crippen molar-refractivity contribution in [2.24, 2.45) is 0 Å². The predicted molar refractivity (Wildman–Crippen MR) is 251 cm³/mol. The van der Waals surface area contributed by atoms with E-state index in [0.717, 1.165) is 89.9 Å². The van der Waals surface area contributed by atoms with Crippen LogP contribution < -0.4 is 5.32 Å². The number of hydrogen-bond donors (Lipinski definition) is 2. The number of carboxylic acids is 1. The molecule has 0 radical (unpaired) electrons. The Bertz CT molecular complexity index is 1070. The third-order valence-corrected chi connectivity index (χ3v) is 9.93. The molecule has 0 aromatic carbocycles. The van der Waals surface area contributed by atoms with Crippen LogP contribution in [0.1, 0.15) is 241 Å². The van der Waals surface area contributed by atoms with Crippen molar-refractivity contribution in [3.8, 4) is 0 Å². The van der Waals surface area contributed by atoms with Crippen LogP contribution in [0.5, 0.6) is 0 Å². The van der Waals surface area contributed by atoms with Gasteiger partial charge in [0.1, 0.15) is 13.2 Å². The average molecular weight is 902 g/mol. The number of esters is 5. The Morgan fingerprint density at radius 3 is 1.06 bits per heavy atom. The van der Waals surface area contributed by atoms with E-state index in [4.69, 9.17) is 28.8 Å². The van der Waals surface area contributed by atoms with Gasteiger partial charge in [-0.05, 0) is 25.7 Å². The minimum Gasteiger partial charge on any atom is -0.481 e. The van der Waals surface area contributed by atoms with Crippen LogP contribution in [0.2, 0.25) is 0 Å². The molecule has 63 heavy (non-hydrogen) atoms. The lowest BCUT2D eigenvalue weighted by molar-refractivity contribution is -0.166. The number of rotatable bonds is 43. The van der Waals surface area contributed by atoms with E-state index in [1.165, 1.54) is 64.2 Å². The zero-order valence-electron chi connectivity index (χ0n) is 41.2. The van der Waals surface area contributed by atoms with Crippen LogP contribution in [0.4, 0.5) is 0 Å². The Balaban J connectivity index is -0.00000239. The van der Waals surface area contributed by atoms with Crippen molar-refractivity contribution in [3.05, 3.63) is 0 Å². The molecule has 0 spiro atoms. The molecule has 1 unspecified atom stereocenters. The maximum absolute atomic E-state index is 12.5. The molecule has 1 atom stereocenters. The summed E-state index contributed by atoms with van der Waals surface area (Å²) in [6.07, 6.45) is 27.2. The number of carboxylic acid groups (broad SMARTS) is 1. The fraction of sp³-hybridized carbons (Fsp3) is 0.880. The molecular formula is C50H95NO12. The molecule has 0 saturated carbocycles. The molecule has 0 fully saturated rings. The molecule has 2 N–H and O–H groups in total. The van der Waals surface area contributed by atoms with E-state index < -0.39 is 24.0 Å². The molecule has 0 saturated heterocycles. The molecule has 0 aromatic heterocycles.